The minimum Gasteiger partial charge on any atom is -0.491 e. The topological polar surface area (TPSA) is 27.7 Å². The molecule has 94 valence electrons. The number of rotatable bonds is 5. The van der Waals surface area contributed by atoms with E-state index in [-0.39, 0.29) is 0 Å². The van der Waals surface area contributed by atoms with Crippen molar-refractivity contribution in [2.75, 3.05) is 26.4 Å². The molecular formula is C13H17BrO3. The number of benzene rings is 1. The molecule has 1 aliphatic rings. The van der Waals surface area contributed by atoms with Crippen LogP contribution in [0.3, 0.4) is 0 Å². The molecule has 0 atom stereocenters. The molecule has 3 nitrogen and oxygen atoms in total. The summed E-state index contributed by atoms with van der Waals surface area (Å²) in [6, 6.07) is 7.83. The van der Waals surface area contributed by atoms with Crippen molar-refractivity contribution in [2.24, 2.45) is 0 Å². The van der Waals surface area contributed by atoms with E-state index in [1.165, 1.54) is 0 Å². The Bertz CT molecular complexity index is 337. The Morgan fingerprint density at radius 3 is 2.82 bits per heavy atom. The zero-order valence-electron chi connectivity index (χ0n) is 9.73. The molecule has 0 unspecified atom stereocenters. The molecule has 17 heavy (non-hydrogen) atoms. The molecule has 0 aliphatic carbocycles. The van der Waals surface area contributed by atoms with E-state index in [0.29, 0.717) is 19.3 Å². The SMILES string of the molecule is Brc1cccc(OCCOC2CCOCC2)c1. The molecule has 0 N–H and O–H groups in total. The van der Waals surface area contributed by atoms with Crippen LogP contribution in [0, 0.1) is 0 Å². The van der Waals surface area contributed by atoms with Crippen LogP contribution in [-0.4, -0.2) is 32.5 Å². The highest BCUT2D eigenvalue weighted by molar-refractivity contribution is 9.10. The maximum Gasteiger partial charge on any atom is 0.120 e. The summed E-state index contributed by atoms with van der Waals surface area (Å²) in [4.78, 5) is 0. The van der Waals surface area contributed by atoms with Crippen molar-refractivity contribution in [2.45, 2.75) is 18.9 Å². The number of ether oxygens (including phenoxy) is 3. The molecule has 0 spiro atoms. The van der Waals surface area contributed by atoms with E-state index < -0.39 is 0 Å². The lowest BCUT2D eigenvalue weighted by atomic mass is 10.2. The van der Waals surface area contributed by atoms with Gasteiger partial charge in [0.1, 0.15) is 12.4 Å². The number of hydrogen-bond acceptors (Lipinski definition) is 3. The molecule has 1 aromatic rings. The third-order valence-electron chi connectivity index (χ3n) is 2.67. The van der Waals surface area contributed by atoms with Gasteiger partial charge in [0, 0.05) is 17.7 Å². The van der Waals surface area contributed by atoms with Crippen LogP contribution in [-0.2, 0) is 9.47 Å². The van der Waals surface area contributed by atoms with Gasteiger partial charge in [0.2, 0.25) is 0 Å². The summed E-state index contributed by atoms with van der Waals surface area (Å²) in [6.07, 6.45) is 2.34. The van der Waals surface area contributed by atoms with Gasteiger partial charge < -0.3 is 14.2 Å². The van der Waals surface area contributed by atoms with E-state index in [1.807, 2.05) is 24.3 Å². The highest BCUT2D eigenvalue weighted by Gasteiger charge is 2.13. The number of halogens is 1. The van der Waals surface area contributed by atoms with Crippen LogP contribution in [0.4, 0.5) is 0 Å². The highest BCUT2D eigenvalue weighted by Crippen LogP contribution is 2.17. The maximum absolute atomic E-state index is 5.72. The van der Waals surface area contributed by atoms with Gasteiger partial charge in [-0.2, -0.15) is 0 Å². The summed E-state index contributed by atoms with van der Waals surface area (Å²) >= 11 is 3.41. The molecule has 4 heteroatoms. The summed E-state index contributed by atoms with van der Waals surface area (Å²) < 4.78 is 17.6. The van der Waals surface area contributed by atoms with Crippen LogP contribution in [0.25, 0.3) is 0 Å². The summed E-state index contributed by atoms with van der Waals surface area (Å²) in [6.45, 7) is 2.86. The standard InChI is InChI=1S/C13H17BrO3/c14-11-2-1-3-13(10-11)17-9-8-16-12-4-6-15-7-5-12/h1-3,10,12H,4-9H2. The average molecular weight is 301 g/mol. The second kappa shape index (κ2) is 6.99. The van der Waals surface area contributed by atoms with Crippen molar-refractivity contribution in [3.8, 4) is 5.75 Å². The van der Waals surface area contributed by atoms with Crippen molar-refractivity contribution in [3.05, 3.63) is 28.7 Å². The molecule has 1 aromatic carbocycles. The van der Waals surface area contributed by atoms with E-state index in [4.69, 9.17) is 14.2 Å². The van der Waals surface area contributed by atoms with Gasteiger partial charge in [0.25, 0.3) is 0 Å². The zero-order chi connectivity index (χ0) is 11.9. The first kappa shape index (κ1) is 12.9. The quantitative estimate of drug-likeness (QED) is 0.782. The molecule has 0 bridgehead atoms. The van der Waals surface area contributed by atoms with E-state index in [1.54, 1.807) is 0 Å². The second-order valence-corrected chi connectivity index (χ2v) is 4.90. The summed E-state index contributed by atoms with van der Waals surface area (Å²) in [5, 5.41) is 0. The van der Waals surface area contributed by atoms with Crippen LogP contribution >= 0.6 is 15.9 Å². The second-order valence-electron chi connectivity index (χ2n) is 3.99. The van der Waals surface area contributed by atoms with Gasteiger partial charge in [0.05, 0.1) is 12.7 Å². The molecule has 1 saturated heterocycles. The Balaban J connectivity index is 1.62. The van der Waals surface area contributed by atoms with Crippen LogP contribution in [0.2, 0.25) is 0 Å². The van der Waals surface area contributed by atoms with Crippen LogP contribution in [0.15, 0.2) is 28.7 Å². The van der Waals surface area contributed by atoms with Crippen molar-refractivity contribution < 1.29 is 14.2 Å². The fraction of sp³-hybridized carbons (Fsp3) is 0.538. The van der Waals surface area contributed by atoms with Crippen molar-refractivity contribution in [1.29, 1.82) is 0 Å². The first-order valence-corrected chi connectivity index (χ1v) is 6.71. The van der Waals surface area contributed by atoms with Crippen molar-refractivity contribution >= 4 is 15.9 Å². The summed E-state index contributed by atoms with van der Waals surface area (Å²) in [5.74, 6) is 0.870. The van der Waals surface area contributed by atoms with Gasteiger partial charge in [-0.25, -0.2) is 0 Å². The van der Waals surface area contributed by atoms with Gasteiger partial charge >= 0.3 is 0 Å². The van der Waals surface area contributed by atoms with Gasteiger partial charge in [-0.3, -0.25) is 0 Å². The van der Waals surface area contributed by atoms with Gasteiger partial charge in [-0.1, -0.05) is 22.0 Å². The van der Waals surface area contributed by atoms with Crippen LogP contribution in [0.5, 0.6) is 5.75 Å². The Labute approximate surface area is 110 Å². The molecule has 1 fully saturated rings. The lowest BCUT2D eigenvalue weighted by Crippen LogP contribution is -2.25. The molecule has 1 heterocycles. The Hall–Kier alpha value is -0.580. The summed E-state index contributed by atoms with van der Waals surface area (Å²) in [5.41, 5.74) is 0. The zero-order valence-corrected chi connectivity index (χ0v) is 11.3. The minimum absolute atomic E-state index is 0.342. The Morgan fingerprint density at radius 2 is 2.06 bits per heavy atom. The molecule has 0 saturated carbocycles. The average Bonchev–Trinajstić information content (AvgIpc) is 2.36. The molecule has 0 amide bonds. The van der Waals surface area contributed by atoms with Gasteiger partial charge in [-0.15, -0.1) is 0 Å². The predicted octanol–water partition coefficient (Wildman–Crippen LogP) is 3.02. The third-order valence-corrected chi connectivity index (χ3v) is 3.16. The monoisotopic (exact) mass is 300 g/mol. The molecule has 0 aromatic heterocycles. The predicted molar refractivity (Wildman–Crippen MR) is 69.4 cm³/mol. The van der Waals surface area contributed by atoms with E-state index in [9.17, 15) is 0 Å². The minimum atomic E-state index is 0.342. The first-order valence-electron chi connectivity index (χ1n) is 5.92. The smallest absolute Gasteiger partial charge is 0.120 e. The van der Waals surface area contributed by atoms with Gasteiger partial charge in [-0.05, 0) is 31.0 Å². The van der Waals surface area contributed by atoms with E-state index in [0.717, 1.165) is 36.3 Å². The maximum atomic E-state index is 5.72. The molecule has 0 radical (unpaired) electrons. The third kappa shape index (κ3) is 4.66. The van der Waals surface area contributed by atoms with Crippen molar-refractivity contribution in [3.63, 3.8) is 0 Å². The summed E-state index contributed by atoms with van der Waals surface area (Å²) in [7, 11) is 0. The molecule has 1 aliphatic heterocycles. The van der Waals surface area contributed by atoms with E-state index >= 15 is 0 Å². The molecule has 2 rings (SSSR count). The lowest BCUT2D eigenvalue weighted by Gasteiger charge is -2.22. The van der Waals surface area contributed by atoms with Crippen molar-refractivity contribution in [1.82, 2.24) is 0 Å². The highest BCUT2D eigenvalue weighted by atomic mass is 79.9. The first-order chi connectivity index (χ1) is 8.34. The fourth-order valence-corrected chi connectivity index (χ4v) is 2.15. The lowest BCUT2D eigenvalue weighted by molar-refractivity contribution is -0.0388. The van der Waals surface area contributed by atoms with Gasteiger partial charge in [0.15, 0.2) is 0 Å². The van der Waals surface area contributed by atoms with Crippen LogP contribution in [0.1, 0.15) is 12.8 Å². The Kier molecular flexibility index (Phi) is 5.29. The van der Waals surface area contributed by atoms with Crippen LogP contribution < -0.4 is 4.74 Å². The Morgan fingerprint density at radius 1 is 1.24 bits per heavy atom. The number of hydrogen-bond donors (Lipinski definition) is 0. The fourth-order valence-electron chi connectivity index (χ4n) is 1.77. The molecular weight excluding hydrogens is 284 g/mol. The van der Waals surface area contributed by atoms with E-state index in [2.05, 4.69) is 15.9 Å². The normalized spacial score (nSPS) is 17.0. The largest absolute Gasteiger partial charge is 0.491 e.